The lowest BCUT2D eigenvalue weighted by molar-refractivity contribution is 0.385. The average Bonchev–Trinajstić information content (AvgIpc) is 2.21. The largest absolute Gasteiger partial charge is 0.494 e. The molecule has 1 rings (SSSR count). The van der Waals surface area contributed by atoms with E-state index >= 15 is 0 Å². The third-order valence-electron chi connectivity index (χ3n) is 2.46. The van der Waals surface area contributed by atoms with Crippen molar-refractivity contribution >= 4 is 0 Å². The fourth-order valence-electron chi connectivity index (χ4n) is 1.62. The van der Waals surface area contributed by atoms with Crippen molar-refractivity contribution in [2.45, 2.75) is 19.8 Å². The van der Waals surface area contributed by atoms with E-state index in [1.165, 1.54) is 13.2 Å². The average molecular weight is 211 g/mol. The number of nitrogens with two attached hydrogens (primary N) is 1. The van der Waals surface area contributed by atoms with E-state index in [1.54, 1.807) is 12.1 Å². The highest BCUT2D eigenvalue weighted by Gasteiger charge is 2.06. The minimum Gasteiger partial charge on any atom is -0.494 e. The van der Waals surface area contributed by atoms with Gasteiger partial charge in [-0.3, -0.25) is 0 Å². The molecule has 0 aliphatic carbocycles. The number of hydrogen-bond acceptors (Lipinski definition) is 2. The molecule has 0 saturated carbocycles. The van der Waals surface area contributed by atoms with Gasteiger partial charge in [-0.15, -0.1) is 0 Å². The van der Waals surface area contributed by atoms with Crippen LogP contribution in [0.5, 0.6) is 5.75 Å². The maximum Gasteiger partial charge on any atom is 0.165 e. The lowest BCUT2D eigenvalue weighted by atomic mass is 9.98. The molecule has 0 saturated heterocycles. The van der Waals surface area contributed by atoms with Crippen LogP contribution in [0.3, 0.4) is 0 Å². The van der Waals surface area contributed by atoms with Crippen molar-refractivity contribution in [2.75, 3.05) is 13.7 Å². The minimum absolute atomic E-state index is 0.312. The van der Waals surface area contributed by atoms with E-state index in [-0.39, 0.29) is 5.82 Å². The van der Waals surface area contributed by atoms with Crippen molar-refractivity contribution in [1.29, 1.82) is 0 Å². The predicted molar refractivity (Wildman–Crippen MR) is 59.5 cm³/mol. The summed E-state index contributed by atoms with van der Waals surface area (Å²) in [7, 11) is 1.48. The highest BCUT2D eigenvalue weighted by molar-refractivity contribution is 5.30. The number of rotatable bonds is 5. The lowest BCUT2D eigenvalue weighted by Crippen LogP contribution is -2.08. The van der Waals surface area contributed by atoms with Crippen molar-refractivity contribution in [1.82, 2.24) is 0 Å². The smallest absolute Gasteiger partial charge is 0.165 e. The number of benzene rings is 1. The molecular weight excluding hydrogens is 193 g/mol. The third-order valence-corrected chi connectivity index (χ3v) is 2.46. The molecule has 2 nitrogen and oxygen atoms in total. The highest BCUT2D eigenvalue weighted by atomic mass is 19.1. The third kappa shape index (κ3) is 3.51. The van der Waals surface area contributed by atoms with Gasteiger partial charge >= 0.3 is 0 Å². The van der Waals surface area contributed by atoms with E-state index in [0.717, 1.165) is 18.4 Å². The van der Waals surface area contributed by atoms with E-state index in [9.17, 15) is 4.39 Å². The highest BCUT2D eigenvalue weighted by Crippen LogP contribution is 2.20. The van der Waals surface area contributed by atoms with Gasteiger partial charge in [-0.1, -0.05) is 13.0 Å². The molecule has 1 aromatic rings. The van der Waals surface area contributed by atoms with Gasteiger partial charge in [-0.05, 0) is 43.0 Å². The van der Waals surface area contributed by atoms with E-state index in [1.807, 2.05) is 0 Å². The fraction of sp³-hybridized carbons (Fsp3) is 0.500. The molecule has 1 aromatic carbocycles. The summed E-state index contributed by atoms with van der Waals surface area (Å²) >= 11 is 0. The normalized spacial score (nSPS) is 12.5. The van der Waals surface area contributed by atoms with Crippen LogP contribution in [-0.4, -0.2) is 13.7 Å². The second-order valence-corrected chi connectivity index (χ2v) is 3.86. The molecule has 84 valence electrons. The van der Waals surface area contributed by atoms with Gasteiger partial charge in [0, 0.05) is 0 Å². The Morgan fingerprint density at radius 1 is 1.47 bits per heavy atom. The van der Waals surface area contributed by atoms with Gasteiger partial charge in [-0.2, -0.15) is 0 Å². The molecule has 15 heavy (non-hydrogen) atoms. The molecule has 0 aliphatic heterocycles. The maximum atomic E-state index is 13.1. The first-order chi connectivity index (χ1) is 7.17. The Balaban J connectivity index is 2.69. The van der Waals surface area contributed by atoms with Gasteiger partial charge in [0.25, 0.3) is 0 Å². The van der Waals surface area contributed by atoms with Crippen LogP contribution in [0.25, 0.3) is 0 Å². The first-order valence-electron chi connectivity index (χ1n) is 5.20. The summed E-state index contributed by atoms with van der Waals surface area (Å²) in [5, 5.41) is 0. The summed E-state index contributed by atoms with van der Waals surface area (Å²) in [4.78, 5) is 0. The Morgan fingerprint density at radius 3 is 2.80 bits per heavy atom. The molecule has 0 radical (unpaired) electrons. The molecule has 0 spiro atoms. The molecule has 2 N–H and O–H groups in total. The summed E-state index contributed by atoms with van der Waals surface area (Å²) in [6.07, 6.45) is 1.90. The Morgan fingerprint density at radius 2 is 2.20 bits per heavy atom. The van der Waals surface area contributed by atoms with Crippen LogP contribution in [0.1, 0.15) is 18.9 Å². The van der Waals surface area contributed by atoms with Crippen molar-refractivity contribution in [3.05, 3.63) is 29.6 Å². The molecule has 1 atom stereocenters. The molecule has 0 amide bonds. The minimum atomic E-state index is -0.312. The van der Waals surface area contributed by atoms with E-state index < -0.39 is 0 Å². The van der Waals surface area contributed by atoms with Crippen LogP contribution >= 0.6 is 0 Å². The summed E-state index contributed by atoms with van der Waals surface area (Å²) in [5.41, 5.74) is 6.57. The zero-order chi connectivity index (χ0) is 11.3. The van der Waals surface area contributed by atoms with Crippen LogP contribution in [0.2, 0.25) is 0 Å². The molecule has 0 heterocycles. The van der Waals surface area contributed by atoms with Crippen molar-refractivity contribution in [2.24, 2.45) is 11.7 Å². The molecule has 0 aromatic heterocycles. The van der Waals surface area contributed by atoms with Crippen molar-refractivity contribution in [3.63, 3.8) is 0 Å². The predicted octanol–water partition coefficient (Wildman–Crippen LogP) is 2.36. The van der Waals surface area contributed by atoms with E-state index in [0.29, 0.717) is 18.2 Å². The number of halogens is 1. The lowest BCUT2D eigenvalue weighted by Gasteiger charge is -2.11. The Labute approximate surface area is 90.2 Å². The second-order valence-electron chi connectivity index (χ2n) is 3.86. The summed E-state index contributed by atoms with van der Waals surface area (Å²) in [6.45, 7) is 2.84. The molecule has 0 fully saturated rings. The van der Waals surface area contributed by atoms with Gasteiger partial charge in [0.05, 0.1) is 7.11 Å². The second kappa shape index (κ2) is 5.71. The number of hydrogen-bond donors (Lipinski definition) is 1. The molecule has 1 unspecified atom stereocenters. The fourth-order valence-corrected chi connectivity index (χ4v) is 1.62. The van der Waals surface area contributed by atoms with Gasteiger partial charge in [0.1, 0.15) is 0 Å². The van der Waals surface area contributed by atoms with Crippen LogP contribution in [0.15, 0.2) is 18.2 Å². The van der Waals surface area contributed by atoms with Crippen molar-refractivity contribution < 1.29 is 9.13 Å². The standard InChI is InChI=1S/C12H18FNO/c1-9(5-6-14)7-10-3-4-11(13)12(8-10)15-2/h3-4,8-9H,5-7,14H2,1-2H3. The zero-order valence-corrected chi connectivity index (χ0v) is 9.29. The molecule has 0 aliphatic rings. The van der Waals surface area contributed by atoms with E-state index in [4.69, 9.17) is 10.5 Å². The summed E-state index contributed by atoms with van der Waals surface area (Å²) in [5.74, 6) is 0.519. The topological polar surface area (TPSA) is 35.2 Å². The maximum absolute atomic E-state index is 13.1. The molecule has 0 bridgehead atoms. The van der Waals surface area contributed by atoms with E-state index in [2.05, 4.69) is 6.92 Å². The number of methoxy groups -OCH3 is 1. The molecule has 3 heteroatoms. The first kappa shape index (κ1) is 12.0. The van der Waals surface area contributed by atoms with Crippen LogP contribution in [0.4, 0.5) is 4.39 Å². The van der Waals surface area contributed by atoms with Crippen LogP contribution < -0.4 is 10.5 Å². The summed E-state index contributed by atoms with van der Waals surface area (Å²) in [6, 6.07) is 5.00. The SMILES string of the molecule is COc1cc(CC(C)CCN)ccc1F. The summed E-state index contributed by atoms with van der Waals surface area (Å²) < 4.78 is 18.0. The van der Waals surface area contributed by atoms with Gasteiger partial charge in [0.15, 0.2) is 11.6 Å². The Hall–Kier alpha value is -1.09. The van der Waals surface area contributed by atoms with Gasteiger partial charge < -0.3 is 10.5 Å². The van der Waals surface area contributed by atoms with Crippen LogP contribution in [0, 0.1) is 11.7 Å². The molecular formula is C12H18FNO. The Kier molecular flexibility index (Phi) is 4.56. The van der Waals surface area contributed by atoms with Crippen molar-refractivity contribution in [3.8, 4) is 5.75 Å². The van der Waals surface area contributed by atoms with Crippen LogP contribution in [-0.2, 0) is 6.42 Å². The zero-order valence-electron chi connectivity index (χ0n) is 9.29. The Bertz CT molecular complexity index is 314. The number of ether oxygens (including phenoxy) is 1. The first-order valence-corrected chi connectivity index (χ1v) is 5.20. The van der Waals surface area contributed by atoms with Gasteiger partial charge in [0.2, 0.25) is 0 Å². The monoisotopic (exact) mass is 211 g/mol. The van der Waals surface area contributed by atoms with Gasteiger partial charge in [-0.25, -0.2) is 4.39 Å². The quantitative estimate of drug-likeness (QED) is 0.811.